The minimum atomic E-state index is -0.191. The molecule has 0 spiro atoms. The molecule has 8 heteroatoms. The number of carbonyl (C=O) groups excluding carboxylic acids is 1. The molecular weight excluding hydrogens is 448 g/mol. The topological polar surface area (TPSA) is 83.0 Å². The molecule has 2 N–H and O–H groups in total. The summed E-state index contributed by atoms with van der Waals surface area (Å²) in [4.78, 5) is 28.2. The van der Waals surface area contributed by atoms with Crippen molar-refractivity contribution < 1.29 is 4.79 Å². The van der Waals surface area contributed by atoms with Gasteiger partial charge in [0, 0.05) is 71.3 Å². The molecule has 1 amide bonds. The number of anilines is 4. The van der Waals surface area contributed by atoms with E-state index in [0.29, 0.717) is 23.1 Å². The zero-order valence-electron chi connectivity index (χ0n) is 18.6. The number of nitrogens with one attached hydrogen (secondary N) is 2. The maximum absolute atomic E-state index is 12.7. The zero-order chi connectivity index (χ0) is 23.5. The second-order valence-corrected chi connectivity index (χ2v) is 8.60. The van der Waals surface area contributed by atoms with Gasteiger partial charge >= 0.3 is 0 Å². The lowest BCUT2D eigenvalue weighted by molar-refractivity contribution is 0.102. The lowest BCUT2D eigenvalue weighted by Crippen LogP contribution is -2.32. The predicted octanol–water partition coefficient (Wildman–Crippen LogP) is 5.39. The fourth-order valence-corrected chi connectivity index (χ4v) is 4.20. The molecule has 1 aliphatic heterocycles. The Balaban J connectivity index is 1.32. The Morgan fingerprint density at radius 3 is 2.74 bits per heavy atom. The molecule has 3 heterocycles. The van der Waals surface area contributed by atoms with Crippen LogP contribution >= 0.6 is 11.6 Å². The third kappa shape index (κ3) is 4.84. The molecule has 5 rings (SSSR count). The van der Waals surface area contributed by atoms with Gasteiger partial charge in [-0.15, -0.1) is 0 Å². The number of nitrogens with zero attached hydrogens (tertiary/aromatic N) is 4. The van der Waals surface area contributed by atoms with Gasteiger partial charge in [0.1, 0.15) is 0 Å². The van der Waals surface area contributed by atoms with E-state index in [1.165, 1.54) is 0 Å². The highest BCUT2D eigenvalue weighted by Gasteiger charge is 2.21. The predicted molar refractivity (Wildman–Crippen MR) is 135 cm³/mol. The number of hydrogen-bond acceptors (Lipinski definition) is 6. The molecule has 0 bridgehead atoms. The van der Waals surface area contributed by atoms with Crippen LogP contribution in [0.2, 0.25) is 5.02 Å². The van der Waals surface area contributed by atoms with Gasteiger partial charge in [-0.2, -0.15) is 0 Å². The molecule has 2 aromatic carbocycles. The lowest BCUT2D eigenvalue weighted by Gasteiger charge is -2.31. The first kappa shape index (κ1) is 21.9. The van der Waals surface area contributed by atoms with Gasteiger partial charge < -0.3 is 15.5 Å². The van der Waals surface area contributed by atoms with Gasteiger partial charge in [0.25, 0.3) is 5.91 Å². The van der Waals surface area contributed by atoms with Crippen molar-refractivity contribution >= 4 is 40.5 Å². The SMILES string of the molecule is Cc1ccc(NC(=O)c2cccc(Cl)c2)cc1N1CCc2nc(Nc3ccncc3)ncc2C1. The first-order valence-corrected chi connectivity index (χ1v) is 11.4. The summed E-state index contributed by atoms with van der Waals surface area (Å²) in [6.45, 7) is 3.61. The van der Waals surface area contributed by atoms with E-state index in [0.717, 1.165) is 46.8 Å². The molecule has 0 atom stereocenters. The molecule has 0 radical (unpaired) electrons. The molecule has 7 nitrogen and oxygen atoms in total. The molecule has 0 aliphatic carbocycles. The van der Waals surface area contributed by atoms with Crippen LogP contribution in [0.25, 0.3) is 0 Å². The Labute approximate surface area is 202 Å². The van der Waals surface area contributed by atoms with Crippen molar-refractivity contribution in [2.75, 3.05) is 22.1 Å². The van der Waals surface area contributed by atoms with E-state index in [-0.39, 0.29) is 5.91 Å². The molecule has 170 valence electrons. The van der Waals surface area contributed by atoms with Crippen molar-refractivity contribution in [3.8, 4) is 0 Å². The summed E-state index contributed by atoms with van der Waals surface area (Å²) in [5.74, 6) is 0.393. The summed E-state index contributed by atoms with van der Waals surface area (Å²) < 4.78 is 0. The molecule has 0 fully saturated rings. The van der Waals surface area contributed by atoms with Gasteiger partial charge in [-0.25, -0.2) is 9.97 Å². The van der Waals surface area contributed by atoms with Gasteiger partial charge in [-0.1, -0.05) is 23.7 Å². The third-order valence-electron chi connectivity index (χ3n) is 5.76. The average molecular weight is 471 g/mol. The van der Waals surface area contributed by atoms with Gasteiger partial charge in [0.05, 0.1) is 5.69 Å². The second kappa shape index (κ2) is 9.49. The molecule has 34 heavy (non-hydrogen) atoms. The molecular formula is C26H23ClN6O. The monoisotopic (exact) mass is 470 g/mol. The maximum Gasteiger partial charge on any atom is 0.255 e. The number of benzene rings is 2. The van der Waals surface area contributed by atoms with Crippen molar-refractivity contribution in [3.63, 3.8) is 0 Å². The molecule has 0 unspecified atom stereocenters. The molecule has 4 aromatic rings. The largest absolute Gasteiger partial charge is 0.366 e. The number of halogens is 1. The van der Waals surface area contributed by atoms with Gasteiger partial charge in [0.2, 0.25) is 5.95 Å². The summed E-state index contributed by atoms with van der Waals surface area (Å²) in [6.07, 6.45) is 6.15. The first-order chi connectivity index (χ1) is 16.5. The van der Waals surface area contributed by atoms with Crippen LogP contribution in [0, 0.1) is 6.92 Å². The number of aryl methyl sites for hydroxylation is 1. The van der Waals surface area contributed by atoms with Crippen LogP contribution in [0.1, 0.15) is 27.2 Å². The molecule has 1 aliphatic rings. The number of pyridine rings is 1. The van der Waals surface area contributed by atoms with E-state index >= 15 is 0 Å². The molecule has 0 saturated heterocycles. The zero-order valence-corrected chi connectivity index (χ0v) is 19.4. The third-order valence-corrected chi connectivity index (χ3v) is 6.00. The number of fused-ring (bicyclic) bond motifs is 1. The second-order valence-electron chi connectivity index (χ2n) is 8.16. The average Bonchev–Trinajstić information content (AvgIpc) is 2.85. The highest BCUT2D eigenvalue weighted by Crippen LogP contribution is 2.29. The summed E-state index contributed by atoms with van der Waals surface area (Å²) in [7, 11) is 0. The van der Waals surface area contributed by atoms with Gasteiger partial charge in [-0.05, 0) is 55.0 Å². The van der Waals surface area contributed by atoms with Crippen LogP contribution in [0.5, 0.6) is 0 Å². The van der Waals surface area contributed by atoms with Crippen molar-refractivity contribution in [1.29, 1.82) is 0 Å². The Morgan fingerprint density at radius 2 is 1.91 bits per heavy atom. The number of carbonyl (C=O) groups is 1. The maximum atomic E-state index is 12.7. The van der Waals surface area contributed by atoms with Crippen LogP contribution in [-0.2, 0) is 13.0 Å². The smallest absolute Gasteiger partial charge is 0.255 e. The highest BCUT2D eigenvalue weighted by molar-refractivity contribution is 6.31. The molecule has 2 aromatic heterocycles. The minimum absolute atomic E-state index is 0.191. The number of aromatic nitrogens is 3. The normalized spacial score (nSPS) is 12.7. The first-order valence-electron chi connectivity index (χ1n) is 11.0. The van der Waals surface area contributed by atoms with E-state index in [4.69, 9.17) is 16.6 Å². The Morgan fingerprint density at radius 1 is 1.06 bits per heavy atom. The molecule has 0 saturated carbocycles. The van der Waals surface area contributed by atoms with E-state index < -0.39 is 0 Å². The Hall–Kier alpha value is -3.97. The van der Waals surface area contributed by atoms with Crippen molar-refractivity contribution in [1.82, 2.24) is 15.0 Å². The van der Waals surface area contributed by atoms with Crippen LogP contribution in [0.15, 0.2) is 73.2 Å². The van der Waals surface area contributed by atoms with Crippen molar-refractivity contribution in [2.24, 2.45) is 0 Å². The van der Waals surface area contributed by atoms with E-state index in [1.54, 1.807) is 36.7 Å². The Kier molecular flexibility index (Phi) is 6.10. The fourth-order valence-electron chi connectivity index (χ4n) is 4.01. The summed E-state index contributed by atoms with van der Waals surface area (Å²) in [5.41, 5.74) is 6.53. The van der Waals surface area contributed by atoms with Gasteiger partial charge in [0.15, 0.2) is 0 Å². The van der Waals surface area contributed by atoms with Crippen LogP contribution in [0.4, 0.5) is 23.0 Å². The number of hydrogen-bond donors (Lipinski definition) is 2. The number of rotatable bonds is 5. The standard InChI is InChI=1S/C26H23ClN6O/c1-17-5-6-22(30-25(34)18-3-2-4-20(27)13-18)14-24(17)33-12-9-23-19(16-33)15-29-26(32-23)31-21-7-10-28-11-8-21/h2-8,10-11,13-15H,9,12,16H2,1H3,(H,30,34)(H,28,29,31,32). The van der Waals surface area contributed by atoms with Crippen LogP contribution in [-0.4, -0.2) is 27.4 Å². The quantitative estimate of drug-likeness (QED) is 0.407. The van der Waals surface area contributed by atoms with Crippen molar-refractivity contribution in [2.45, 2.75) is 19.9 Å². The Bertz CT molecular complexity index is 1340. The lowest BCUT2D eigenvalue weighted by atomic mass is 10.0. The fraction of sp³-hybridized carbons (Fsp3) is 0.154. The van der Waals surface area contributed by atoms with Crippen molar-refractivity contribution in [3.05, 3.63) is 101 Å². The van der Waals surface area contributed by atoms with E-state index in [1.807, 2.05) is 36.5 Å². The number of amides is 1. The van der Waals surface area contributed by atoms with Gasteiger partial charge in [-0.3, -0.25) is 9.78 Å². The van der Waals surface area contributed by atoms with E-state index in [9.17, 15) is 4.79 Å². The van der Waals surface area contributed by atoms with Crippen LogP contribution in [0.3, 0.4) is 0 Å². The summed E-state index contributed by atoms with van der Waals surface area (Å²) in [6, 6.07) is 16.6. The summed E-state index contributed by atoms with van der Waals surface area (Å²) in [5, 5.41) is 6.74. The minimum Gasteiger partial charge on any atom is -0.366 e. The summed E-state index contributed by atoms with van der Waals surface area (Å²) >= 11 is 6.03. The van der Waals surface area contributed by atoms with E-state index in [2.05, 4.69) is 32.4 Å². The highest BCUT2D eigenvalue weighted by atomic mass is 35.5. The van der Waals surface area contributed by atoms with Crippen LogP contribution < -0.4 is 15.5 Å².